The Morgan fingerprint density at radius 3 is 2.82 bits per heavy atom. The first kappa shape index (κ1) is 18.7. The maximum atomic E-state index is 9.12. The molecule has 1 saturated heterocycles. The second-order valence-electron chi connectivity index (χ2n) is 7.83. The largest absolute Gasteiger partial charge is 0.355 e. The smallest absolute Gasteiger partial charge is 0.229 e. The molecule has 2 fully saturated rings. The molecule has 146 valence electrons. The van der Waals surface area contributed by atoms with E-state index in [1.54, 1.807) is 6.07 Å². The fourth-order valence-electron chi connectivity index (χ4n) is 3.89. The SMILES string of the molecule is CCCc1cc(N2CCC(NC3CCC3)C2)nc(Nc2cccc(C#N)c2)n1. The minimum atomic E-state index is 0.554. The standard InChI is InChI=1S/C22H28N6/c1-2-5-18-13-21(28-11-10-20(15-28)24-17-7-4-8-17)27-22(25-18)26-19-9-3-6-16(12-19)14-23/h3,6,9,12-13,17,20,24H,2,4-5,7-8,10-11,15H2,1H3,(H,25,26,27). The average molecular weight is 377 g/mol. The first-order valence-electron chi connectivity index (χ1n) is 10.4. The van der Waals surface area contributed by atoms with Crippen LogP contribution in [0.5, 0.6) is 0 Å². The molecule has 2 heterocycles. The van der Waals surface area contributed by atoms with Gasteiger partial charge in [0.2, 0.25) is 5.95 Å². The predicted octanol–water partition coefficient (Wildman–Crippen LogP) is 3.77. The summed E-state index contributed by atoms with van der Waals surface area (Å²) in [6.07, 6.45) is 7.14. The minimum absolute atomic E-state index is 0.554. The molecule has 1 unspecified atom stereocenters. The zero-order chi connectivity index (χ0) is 19.3. The van der Waals surface area contributed by atoms with E-state index in [2.05, 4.69) is 39.6 Å². The molecule has 1 aromatic heterocycles. The van der Waals surface area contributed by atoms with Gasteiger partial charge in [-0.05, 0) is 43.9 Å². The van der Waals surface area contributed by atoms with Gasteiger partial charge in [0.15, 0.2) is 0 Å². The van der Waals surface area contributed by atoms with Crippen molar-refractivity contribution in [3.8, 4) is 6.07 Å². The summed E-state index contributed by atoms with van der Waals surface area (Å²) in [4.78, 5) is 11.8. The zero-order valence-electron chi connectivity index (χ0n) is 16.5. The van der Waals surface area contributed by atoms with Crippen molar-refractivity contribution >= 4 is 17.5 Å². The van der Waals surface area contributed by atoms with Crippen LogP contribution in [0.25, 0.3) is 0 Å². The van der Waals surface area contributed by atoms with Crippen LogP contribution in [0.3, 0.4) is 0 Å². The number of rotatable bonds is 7. The molecule has 4 rings (SSSR count). The van der Waals surface area contributed by atoms with E-state index in [-0.39, 0.29) is 0 Å². The summed E-state index contributed by atoms with van der Waals surface area (Å²) in [6.45, 7) is 4.19. The van der Waals surface area contributed by atoms with Crippen LogP contribution in [-0.4, -0.2) is 35.1 Å². The molecule has 1 aromatic carbocycles. The predicted molar refractivity (Wildman–Crippen MR) is 112 cm³/mol. The van der Waals surface area contributed by atoms with Gasteiger partial charge >= 0.3 is 0 Å². The molecule has 1 atom stereocenters. The van der Waals surface area contributed by atoms with E-state index in [1.165, 1.54) is 19.3 Å². The van der Waals surface area contributed by atoms with Crippen molar-refractivity contribution in [2.45, 2.75) is 57.5 Å². The summed E-state index contributed by atoms with van der Waals surface area (Å²) in [6, 6.07) is 13.0. The van der Waals surface area contributed by atoms with Gasteiger partial charge in [-0.25, -0.2) is 4.98 Å². The summed E-state index contributed by atoms with van der Waals surface area (Å²) in [5.74, 6) is 1.60. The van der Waals surface area contributed by atoms with E-state index in [4.69, 9.17) is 10.2 Å². The van der Waals surface area contributed by atoms with Crippen LogP contribution < -0.4 is 15.5 Å². The molecule has 1 saturated carbocycles. The Labute approximate surface area is 167 Å². The molecule has 6 heteroatoms. The maximum absolute atomic E-state index is 9.12. The number of aromatic nitrogens is 2. The minimum Gasteiger partial charge on any atom is -0.355 e. The number of hydrogen-bond acceptors (Lipinski definition) is 6. The Hall–Kier alpha value is -2.65. The Balaban J connectivity index is 1.51. The van der Waals surface area contributed by atoms with Gasteiger partial charge in [-0.1, -0.05) is 25.8 Å². The highest BCUT2D eigenvalue weighted by molar-refractivity contribution is 5.58. The van der Waals surface area contributed by atoms with Crippen molar-refractivity contribution in [3.63, 3.8) is 0 Å². The van der Waals surface area contributed by atoms with Crippen molar-refractivity contribution < 1.29 is 0 Å². The lowest BCUT2D eigenvalue weighted by molar-refractivity contribution is 0.311. The quantitative estimate of drug-likeness (QED) is 0.766. The topological polar surface area (TPSA) is 76.9 Å². The highest BCUT2D eigenvalue weighted by Crippen LogP contribution is 2.25. The van der Waals surface area contributed by atoms with Gasteiger partial charge < -0.3 is 15.5 Å². The number of nitrogens with one attached hydrogen (secondary N) is 2. The monoisotopic (exact) mass is 376 g/mol. The summed E-state index contributed by atoms with van der Waals surface area (Å²) >= 11 is 0. The number of aryl methyl sites for hydroxylation is 1. The van der Waals surface area contributed by atoms with Crippen molar-refractivity contribution in [2.75, 3.05) is 23.3 Å². The number of anilines is 3. The van der Waals surface area contributed by atoms with Crippen molar-refractivity contribution in [1.82, 2.24) is 15.3 Å². The van der Waals surface area contributed by atoms with Crippen LogP contribution >= 0.6 is 0 Å². The van der Waals surface area contributed by atoms with Gasteiger partial charge in [-0.15, -0.1) is 0 Å². The Morgan fingerprint density at radius 1 is 1.18 bits per heavy atom. The van der Waals surface area contributed by atoms with Gasteiger partial charge in [0.25, 0.3) is 0 Å². The molecule has 0 bridgehead atoms. The Morgan fingerprint density at radius 2 is 2.07 bits per heavy atom. The molecule has 2 aromatic rings. The molecule has 2 aliphatic rings. The molecule has 1 aliphatic heterocycles. The molecular formula is C22H28N6. The second-order valence-corrected chi connectivity index (χ2v) is 7.83. The molecule has 6 nitrogen and oxygen atoms in total. The van der Waals surface area contributed by atoms with Crippen molar-refractivity contribution in [2.24, 2.45) is 0 Å². The summed E-state index contributed by atoms with van der Waals surface area (Å²) in [7, 11) is 0. The third-order valence-corrected chi connectivity index (χ3v) is 5.61. The molecular weight excluding hydrogens is 348 g/mol. The fourth-order valence-corrected chi connectivity index (χ4v) is 3.89. The lowest BCUT2D eigenvalue weighted by Crippen LogP contribution is -2.43. The van der Waals surface area contributed by atoms with E-state index in [1.807, 2.05) is 18.2 Å². The van der Waals surface area contributed by atoms with Crippen LogP contribution in [0.2, 0.25) is 0 Å². The van der Waals surface area contributed by atoms with Gasteiger partial charge in [0.05, 0.1) is 11.6 Å². The first-order chi connectivity index (χ1) is 13.7. The van der Waals surface area contributed by atoms with E-state index in [0.29, 0.717) is 17.6 Å². The first-order valence-corrected chi connectivity index (χ1v) is 10.4. The van der Waals surface area contributed by atoms with Gasteiger partial charge in [-0.3, -0.25) is 0 Å². The Kier molecular flexibility index (Phi) is 5.73. The lowest BCUT2D eigenvalue weighted by atomic mass is 9.92. The molecule has 28 heavy (non-hydrogen) atoms. The van der Waals surface area contributed by atoms with Crippen molar-refractivity contribution in [3.05, 3.63) is 41.6 Å². The van der Waals surface area contributed by atoms with Crippen LogP contribution in [0.1, 0.15) is 50.3 Å². The number of hydrogen-bond donors (Lipinski definition) is 2. The maximum Gasteiger partial charge on any atom is 0.229 e. The molecule has 0 radical (unpaired) electrons. The van der Waals surface area contributed by atoms with Crippen LogP contribution in [-0.2, 0) is 6.42 Å². The lowest BCUT2D eigenvalue weighted by Gasteiger charge is -2.30. The molecule has 2 N–H and O–H groups in total. The van der Waals surface area contributed by atoms with E-state index < -0.39 is 0 Å². The third kappa shape index (κ3) is 4.42. The Bertz CT molecular complexity index is 854. The summed E-state index contributed by atoms with van der Waals surface area (Å²) in [5.41, 5.74) is 2.52. The second kappa shape index (κ2) is 8.57. The van der Waals surface area contributed by atoms with Gasteiger partial charge in [-0.2, -0.15) is 10.2 Å². The van der Waals surface area contributed by atoms with E-state index in [9.17, 15) is 0 Å². The zero-order valence-corrected chi connectivity index (χ0v) is 16.5. The van der Waals surface area contributed by atoms with Crippen LogP contribution in [0.4, 0.5) is 17.5 Å². The number of nitrogens with zero attached hydrogens (tertiary/aromatic N) is 4. The van der Waals surface area contributed by atoms with Crippen molar-refractivity contribution in [1.29, 1.82) is 5.26 Å². The number of nitriles is 1. The summed E-state index contributed by atoms with van der Waals surface area (Å²) < 4.78 is 0. The van der Waals surface area contributed by atoms with Gasteiger partial charge in [0.1, 0.15) is 5.82 Å². The number of benzene rings is 1. The van der Waals surface area contributed by atoms with Gasteiger partial charge in [0, 0.05) is 42.6 Å². The normalized spacial score (nSPS) is 19.3. The highest BCUT2D eigenvalue weighted by atomic mass is 15.3. The fraction of sp³-hybridized carbons (Fsp3) is 0.500. The summed E-state index contributed by atoms with van der Waals surface area (Å²) in [5, 5.41) is 16.2. The molecule has 0 spiro atoms. The van der Waals surface area contributed by atoms with Crippen LogP contribution in [0, 0.1) is 11.3 Å². The van der Waals surface area contributed by atoms with E-state index >= 15 is 0 Å². The third-order valence-electron chi connectivity index (χ3n) is 5.61. The van der Waals surface area contributed by atoms with E-state index in [0.717, 1.165) is 55.6 Å². The molecule has 0 amide bonds. The highest BCUT2D eigenvalue weighted by Gasteiger charge is 2.28. The molecule has 1 aliphatic carbocycles. The average Bonchev–Trinajstić information content (AvgIpc) is 3.14. The van der Waals surface area contributed by atoms with Crippen LogP contribution in [0.15, 0.2) is 30.3 Å².